The Labute approximate surface area is 168 Å². The zero-order chi connectivity index (χ0) is 19.9. The van der Waals surface area contributed by atoms with Crippen molar-refractivity contribution in [2.75, 3.05) is 7.11 Å². The number of rotatable bonds is 8. The second kappa shape index (κ2) is 9.32. The fourth-order valence-electron chi connectivity index (χ4n) is 2.65. The molecule has 3 aromatic rings. The van der Waals surface area contributed by atoms with Gasteiger partial charge in [-0.25, -0.2) is 0 Å². The van der Waals surface area contributed by atoms with Crippen molar-refractivity contribution < 1.29 is 14.3 Å². The molecule has 0 aliphatic rings. The van der Waals surface area contributed by atoms with Crippen molar-refractivity contribution in [3.63, 3.8) is 0 Å². The Morgan fingerprint density at radius 3 is 2.61 bits per heavy atom. The average molecular weight is 398 g/mol. The molecule has 0 radical (unpaired) electrons. The van der Waals surface area contributed by atoms with Crippen molar-refractivity contribution in [2.24, 2.45) is 0 Å². The lowest BCUT2D eigenvalue weighted by molar-refractivity contribution is -0.120. The first kappa shape index (κ1) is 19.8. The summed E-state index contributed by atoms with van der Waals surface area (Å²) in [5.41, 5.74) is 2.01. The molecule has 0 saturated heterocycles. The fourth-order valence-corrected chi connectivity index (χ4v) is 3.22. The second-order valence-corrected chi connectivity index (χ2v) is 7.36. The molecule has 0 unspecified atom stereocenters. The lowest BCUT2D eigenvalue weighted by Gasteiger charge is -2.08. The normalized spacial score (nSPS) is 10.7. The molecule has 1 heterocycles. The highest BCUT2D eigenvalue weighted by atomic mass is 32.1. The maximum Gasteiger partial charge on any atom is 0.298 e. The molecule has 6 nitrogen and oxygen atoms in total. The largest absolute Gasteiger partial charge is 0.497 e. The molecule has 1 N–H and O–H groups in total. The van der Waals surface area contributed by atoms with Gasteiger partial charge in [-0.05, 0) is 49.2 Å². The van der Waals surface area contributed by atoms with Gasteiger partial charge in [0, 0.05) is 24.0 Å². The first-order chi connectivity index (χ1) is 13.5. The Kier molecular flexibility index (Phi) is 6.60. The summed E-state index contributed by atoms with van der Waals surface area (Å²) >= 11 is 1.22. The molecular weight excluding hydrogens is 374 g/mol. The molecule has 1 aromatic heterocycles. The number of benzene rings is 2. The smallest absolute Gasteiger partial charge is 0.298 e. The van der Waals surface area contributed by atoms with E-state index in [9.17, 15) is 4.79 Å². The van der Waals surface area contributed by atoms with E-state index in [1.165, 1.54) is 11.5 Å². The summed E-state index contributed by atoms with van der Waals surface area (Å²) in [5.74, 6) is 2.19. The molecule has 0 fully saturated rings. The maximum atomic E-state index is 11.8. The molecular formula is C21H23N3O3S. The predicted molar refractivity (Wildman–Crippen MR) is 109 cm³/mol. The van der Waals surface area contributed by atoms with Crippen molar-refractivity contribution in [3.8, 4) is 16.7 Å². The van der Waals surface area contributed by atoms with Crippen molar-refractivity contribution in [1.82, 2.24) is 14.7 Å². The average Bonchev–Trinajstić information content (AvgIpc) is 3.09. The molecule has 3 rings (SSSR count). The van der Waals surface area contributed by atoms with Crippen LogP contribution in [0.4, 0.5) is 0 Å². The number of hydrogen-bond donors (Lipinski definition) is 1. The van der Waals surface area contributed by atoms with E-state index in [1.807, 2.05) is 62.4 Å². The molecule has 7 heteroatoms. The first-order valence-corrected chi connectivity index (χ1v) is 9.81. The van der Waals surface area contributed by atoms with E-state index in [0.717, 1.165) is 16.9 Å². The van der Waals surface area contributed by atoms with Gasteiger partial charge >= 0.3 is 0 Å². The lowest BCUT2D eigenvalue weighted by atomic mass is 10.1. The van der Waals surface area contributed by atoms with Crippen LogP contribution >= 0.6 is 11.5 Å². The van der Waals surface area contributed by atoms with Crippen LogP contribution in [0, 0.1) is 0 Å². The third-order valence-electron chi connectivity index (χ3n) is 3.89. The number of carbonyl (C=O) groups is 1. The van der Waals surface area contributed by atoms with Crippen LogP contribution in [0.15, 0.2) is 48.5 Å². The van der Waals surface area contributed by atoms with Crippen LogP contribution in [0.2, 0.25) is 0 Å². The van der Waals surface area contributed by atoms with Crippen molar-refractivity contribution in [1.29, 1.82) is 0 Å². The summed E-state index contributed by atoms with van der Waals surface area (Å²) in [6, 6.07) is 15.4. The number of methoxy groups -OCH3 is 1. The minimum Gasteiger partial charge on any atom is -0.497 e. The highest BCUT2D eigenvalue weighted by Gasteiger charge is 2.09. The standard InChI is InChI=1S/C21H23N3O3S/c1-14(2)22-20(25)13-15-7-9-17(10-8-15)27-21-23-19(24-28-21)12-16-5-4-6-18(11-16)26-3/h4-11,14H,12-13H2,1-3H3,(H,22,25). The number of nitrogens with zero attached hydrogens (tertiary/aromatic N) is 2. The van der Waals surface area contributed by atoms with E-state index >= 15 is 0 Å². The maximum absolute atomic E-state index is 11.8. The Hall–Kier alpha value is -2.93. The monoisotopic (exact) mass is 397 g/mol. The number of hydrogen-bond acceptors (Lipinski definition) is 6. The summed E-state index contributed by atoms with van der Waals surface area (Å²) in [4.78, 5) is 16.3. The van der Waals surface area contributed by atoms with E-state index in [4.69, 9.17) is 9.47 Å². The Balaban J connectivity index is 1.58. The SMILES string of the molecule is COc1cccc(Cc2nsc(Oc3ccc(CC(=O)NC(C)C)cc3)n2)c1. The molecule has 0 saturated carbocycles. The van der Waals surface area contributed by atoms with Gasteiger partial charge in [-0.15, -0.1) is 0 Å². The Morgan fingerprint density at radius 2 is 1.89 bits per heavy atom. The summed E-state index contributed by atoms with van der Waals surface area (Å²) in [7, 11) is 1.65. The van der Waals surface area contributed by atoms with Gasteiger partial charge in [0.1, 0.15) is 11.5 Å². The van der Waals surface area contributed by atoms with E-state index in [0.29, 0.717) is 29.6 Å². The molecule has 28 heavy (non-hydrogen) atoms. The fraction of sp³-hybridized carbons (Fsp3) is 0.286. The van der Waals surface area contributed by atoms with Crippen molar-refractivity contribution >= 4 is 17.4 Å². The Morgan fingerprint density at radius 1 is 1.11 bits per heavy atom. The van der Waals surface area contributed by atoms with Gasteiger partial charge in [0.2, 0.25) is 5.91 Å². The van der Waals surface area contributed by atoms with Gasteiger partial charge in [-0.1, -0.05) is 24.3 Å². The number of nitrogens with one attached hydrogen (secondary N) is 1. The molecule has 0 spiro atoms. The van der Waals surface area contributed by atoms with Crippen LogP contribution in [0.5, 0.6) is 16.7 Å². The van der Waals surface area contributed by atoms with Crippen LogP contribution in [0.3, 0.4) is 0 Å². The third kappa shape index (κ3) is 5.79. The van der Waals surface area contributed by atoms with Gasteiger partial charge in [-0.2, -0.15) is 9.36 Å². The quantitative estimate of drug-likeness (QED) is 0.622. The molecule has 0 aliphatic carbocycles. The first-order valence-electron chi connectivity index (χ1n) is 9.03. The van der Waals surface area contributed by atoms with E-state index < -0.39 is 0 Å². The molecule has 0 atom stereocenters. The Bertz CT molecular complexity index is 923. The van der Waals surface area contributed by atoms with Gasteiger partial charge < -0.3 is 14.8 Å². The number of carbonyl (C=O) groups excluding carboxylic acids is 1. The summed E-state index contributed by atoms with van der Waals surface area (Å²) in [5, 5.41) is 3.37. The highest BCUT2D eigenvalue weighted by Crippen LogP contribution is 2.25. The van der Waals surface area contributed by atoms with Crippen LogP contribution in [-0.4, -0.2) is 28.4 Å². The van der Waals surface area contributed by atoms with E-state index in [1.54, 1.807) is 7.11 Å². The molecule has 0 bridgehead atoms. The predicted octanol–water partition coefficient (Wildman–Crippen LogP) is 4.00. The minimum absolute atomic E-state index is 0.00924. The molecule has 146 valence electrons. The van der Waals surface area contributed by atoms with Crippen LogP contribution < -0.4 is 14.8 Å². The van der Waals surface area contributed by atoms with Crippen molar-refractivity contribution in [2.45, 2.75) is 32.7 Å². The zero-order valence-electron chi connectivity index (χ0n) is 16.1. The topological polar surface area (TPSA) is 73.3 Å². The molecule has 0 aliphatic heterocycles. The van der Waals surface area contributed by atoms with Gasteiger partial charge in [0.25, 0.3) is 5.19 Å². The van der Waals surface area contributed by atoms with Gasteiger partial charge in [0.05, 0.1) is 13.5 Å². The number of ether oxygens (including phenoxy) is 2. The van der Waals surface area contributed by atoms with E-state index in [-0.39, 0.29) is 11.9 Å². The second-order valence-electron chi connectivity index (χ2n) is 6.65. The molecule has 2 aromatic carbocycles. The number of aromatic nitrogens is 2. The van der Waals surface area contributed by atoms with Gasteiger partial charge in [-0.3, -0.25) is 4.79 Å². The third-order valence-corrected chi connectivity index (χ3v) is 4.52. The number of amides is 1. The zero-order valence-corrected chi connectivity index (χ0v) is 17.0. The summed E-state index contributed by atoms with van der Waals surface area (Å²) in [6.45, 7) is 3.89. The van der Waals surface area contributed by atoms with Crippen LogP contribution in [0.25, 0.3) is 0 Å². The van der Waals surface area contributed by atoms with Crippen molar-refractivity contribution in [3.05, 3.63) is 65.5 Å². The minimum atomic E-state index is 0.00924. The van der Waals surface area contributed by atoms with Crippen LogP contribution in [0.1, 0.15) is 30.8 Å². The summed E-state index contributed by atoms with van der Waals surface area (Å²) < 4.78 is 15.4. The van der Waals surface area contributed by atoms with Gasteiger partial charge in [0.15, 0.2) is 5.82 Å². The molecule has 1 amide bonds. The lowest BCUT2D eigenvalue weighted by Crippen LogP contribution is -2.31. The van der Waals surface area contributed by atoms with Crippen LogP contribution in [-0.2, 0) is 17.6 Å². The van der Waals surface area contributed by atoms with E-state index in [2.05, 4.69) is 14.7 Å². The summed E-state index contributed by atoms with van der Waals surface area (Å²) in [6.07, 6.45) is 0.961. The highest BCUT2D eigenvalue weighted by molar-refractivity contribution is 7.07.